The van der Waals surface area contributed by atoms with Gasteiger partial charge in [0.2, 0.25) is 0 Å². The molecular weight excluding hydrogens is 190 g/mol. The van der Waals surface area contributed by atoms with E-state index in [9.17, 15) is 0 Å². The van der Waals surface area contributed by atoms with Gasteiger partial charge in [-0.3, -0.25) is 0 Å². The van der Waals surface area contributed by atoms with Crippen LogP contribution >= 0.6 is 22.9 Å². The molecule has 0 aromatic carbocycles. The van der Waals surface area contributed by atoms with Crippen molar-refractivity contribution in [1.29, 1.82) is 0 Å². The molecule has 0 N–H and O–H groups in total. The van der Waals surface area contributed by atoms with Crippen molar-refractivity contribution in [2.24, 2.45) is 5.92 Å². The van der Waals surface area contributed by atoms with Crippen LogP contribution < -0.4 is 0 Å². The van der Waals surface area contributed by atoms with Crippen molar-refractivity contribution in [2.45, 2.75) is 33.1 Å². The van der Waals surface area contributed by atoms with Gasteiger partial charge in [0.05, 0.1) is 0 Å². The summed E-state index contributed by atoms with van der Waals surface area (Å²) < 4.78 is 0.661. The summed E-state index contributed by atoms with van der Waals surface area (Å²) in [5, 5.41) is 0. The van der Waals surface area contributed by atoms with Crippen LogP contribution in [0.2, 0.25) is 4.47 Å². The van der Waals surface area contributed by atoms with Crippen molar-refractivity contribution in [3.05, 3.63) is 15.5 Å². The summed E-state index contributed by atoms with van der Waals surface area (Å²) in [6.45, 7) is 4.49. The van der Waals surface area contributed by atoms with Gasteiger partial charge >= 0.3 is 0 Å². The fourth-order valence-electron chi connectivity index (χ4n) is 1.32. The Hall–Kier alpha value is -0.0800. The SMILES string of the molecule is CCCC(C)Cc1cnc(Cl)s1. The summed E-state index contributed by atoms with van der Waals surface area (Å²) in [6, 6.07) is 0. The summed E-state index contributed by atoms with van der Waals surface area (Å²) in [4.78, 5) is 5.32. The van der Waals surface area contributed by atoms with E-state index in [2.05, 4.69) is 18.8 Å². The van der Waals surface area contributed by atoms with Crippen LogP contribution in [0.4, 0.5) is 0 Å². The van der Waals surface area contributed by atoms with Gasteiger partial charge in [0.25, 0.3) is 0 Å². The van der Waals surface area contributed by atoms with Gasteiger partial charge in [-0.15, -0.1) is 11.3 Å². The Morgan fingerprint density at radius 2 is 2.42 bits per heavy atom. The highest BCUT2D eigenvalue weighted by molar-refractivity contribution is 7.15. The van der Waals surface area contributed by atoms with Crippen LogP contribution in [-0.2, 0) is 6.42 Å². The highest BCUT2D eigenvalue weighted by Crippen LogP contribution is 2.22. The number of halogens is 1. The maximum absolute atomic E-state index is 5.73. The molecule has 1 unspecified atom stereocenters. The first-order valence-electron chi connectivity index (χ1n) is 4.32. The largest absolute Gasteiger partial charge is 0.233 e. The van der Waals surface area contributed by atoms with Crippen molar-refractivity contribution < 1.29 is 0 Å². The molecule has 0 amide bonds. The minimum atomic E-state index is 0.661. The minimum Gasteiger partial charge on any atom is -0.233 e. The Morgan fingerprint density at radius 1 is 1.67 bits per heavy atom. The monoisotopic (exact) mass is 203 g/mol. The van der Waals surface area contributed by atoms with Crippen LogP contribution in [-0.4, -0.2) is 4.98 Å². The van der Waals surface area contributed by atoms with Gasteiger partial charge in [-0.2, -0.15) is 0 Å². The summed E-state index contributed by atoms with van der Waals surface area (Å²) in [6.07, 6.45) is 5.56. The molecule has 1 nitrogen and oxygen atoms in total. The lowest BCUT2D eigenvalue weighted by Gasteiger charge is -2.06. The summed E-state index contributed by atoms with van der Waals surface area (Å²) >= 11 is 7.32. The molecule has 1 aromatic rings. The molecule has 0 bridgehead atoms. The first kappa shape index (κ1) is 10.0. The number of rotatable bonds is 4. The molecule has 12 heavy (non-hydrogen) atoms. The summed E-state index contributed by atoms with van der Waals surface area (Å²) in [7, 11) is 0. The quantitative estimate of drug-likeness (QED) is 0.726. The maximum Gasteiger partial charge on any atom is 0.183 e. The molecule has 1 rings (SSSR count). The third kappa shape index (κ3) is 3.11. The molecule has 0 aliphatic carbocycles. The fourth-order valence-corrected chi connectivity index (χ4v) is 2.46. The molecular formula is C9H14ClNS. The summed E-state index contributed by atoms with van der Waals surface area (Å²) in [5.74, 6) is 0.756. The maximum atomic E-state index is 5.73. The first-order valence-corrected chi connectivity index (χ1v) is 5.52. The van der Waals surface area contributed by atoms with Crippen molar-refractivity contribution in [3.63, 3.8) is 0 Å². The van der Waals surface area contributed by atoms with Gasteiger partial charge in [0.15, 0.2) is 4.47 Å². The van der Waals surface area contributed by atoms with E-state index >= 15 is 0 Å². The van der Waals surface area contributed by atoms with Crippen molar-refractivity contribution in [3.8, 4) is 0 Å². The van der Waals surface area contributed by atoms with Crippen LogP contribution in [0, 0.1) is 5.92 Å². The molecule has 0 saturated heterocycles. The second kappa shape index (κ2) is 4.83. The van der Waals surface area contributed by atoms with Crippen molar-refractivity contribution >= 4 is 22.9 Å². The van der Waals surface area contributed by atoms with Gasteiger partial charge in [-0.1, -0.05) is 38.3 Å². The van der Waals surface area contributed by atoms with Crippen molar-refractivity contribution in [2.75, 3.05) is 0 Å². The van der Waals surface area contributed by atoms with Crippen LogP contribution in [0.5, 0.6) is 0 Å². The van der Waals surface area contributed by atoms with E-state index in [1.165, 1.54) is 17.7 Å². The standard InChI is InChI=1S/C9H14ClNS/c1-3-4-7(2)5-8-6-11-9(10)12-8/h6-7H,3-5H2,1-2H3. The van der Waals surface area contributed by atoms with E-state index in [1.54, 1.807) is 11.3 Å². The lowest BCUT2D eigenvalue weighted by Crippen LogP contribution is -1.96. The molecule has 0 aliphatic heterocycles. The summed E-state index contributed by atoms with van der Waals surface area (Å²) in [5.41, 5.74) is 0. The Kier molecular flexibility index (Phi) is 4.02. The molecule has 68 valence electrons. The predicted octanol–water partition coefficient (Wildman–Crippen LogP) is 3.78. The zero-order valence-electron chi connectivity index (χ0n) is 7.51. The van der Waals surface area contributed by atoms with E-state index in [0.29, 0.717) is 4.47 Å². The lowest BCUT2D eigenvalue weighted by molar-refractivity contribution is 0.526. The van der Waals surface area contributed by atoms with E-state index in [0.717, 1.165) is 12.3 Å². The topological polar surface area (TPSA) is 12.9 Å². The number of thiazole rings is 1. The third-order valence-corrected chi connectivity index (χ3v) is 2.99. The average molecular weight is 204 g/mol. The Bertz CT molecular complexity index is 234. The highest BCUT2D eigenvalue weighted by Gasteiger charge is 2.05. The molecule has 0 spiro atoms. The number of hydrogen-bond donors (Lipinski definition) is 0. The Morgan fingerprint density at radius 3 is 2.92 bits per heavy atom. The molecule has 0 aliphatic rings. The first-order chi connectivity index (χ1) is 5.72. The number of nitrogens with zero attached hydrogens (tertiary/aromatic N) is 1. The highest BCUT2D eigenvalue weighted by atomic mass is 35.5. The Balaban J connectivity index is 2.41. The van der Waals surface area contributed by atoms with E-state index in [-0.39, 0.29) is 0 Å². The van der Waals surface area contributed by atoms with Gasteiger partial charge in [-0.25, -0.2) is 4.98 Å². The van der Waals surface area contributed by atoms with Gasteiger partial charge < -0.3 is 0 Å². The molecule has 1 aromatic heterocycles. The second-order valence-corrected chi connectivity index (χ2v) is 4.87. The number of hydrogen-bond acceptors (Lipinski definition) is 2. The normalized spacial score (nSPS) is 13.2. The zero-order valence-corrected chi connectivity index (χ0v) is 9.08. The molecule has 3 heteroatoms. The number of aromatic nitrogens is 1. The van der Waals surface area contributed by atoms with E-state index in [4.69, 9.17) is 11.6 Å². The molecule has 1 atom stereocenters. The molecule has 0 saturated carbocycles. The van der Waals surface area contributed by atoms with Gasteiger partial charge in [0.1, 0.15) is 0 Å². The molecule has 1 heterocycles. The van der Waals surface area contributed by atoms with Crippen LogP contribution in [0.25, 0.3) is 0 Å². The molecule has 0 radical (unpaired) electrons. The second-order valence-electron chi connectivity index (χ2n) is 3.18. The lowest BCUT2D eigenvalue weighted by atomic mass is 10.0. The van der Waals surface area contributed by atoms with Crippen LogP contribution in [0.1, 0.15) is 31.6 Å². The smallest absolute Gasteiger partial charge is 0.183 e. The Labute approximate surface area is 82.8 Å². The van der Waals surface area contributed by atoms with Gasteiger partial charge in [0, 0.05) is 11.1 Å². The van der Waals surface area contributed by atoms with E-state index in [1.807, 2.05) is 6.20 Å². The van der Waals surface area contributed by atoms with E-state index < -0.39 is 0 Å². The molecule has 0 fully saturated rings. The van der Waals surface area contributed by atoms with Crippen LogP contribution in [0.3, 0.4) is 0 Å². The zero-order chi connectivity index (χ0) is 8.97. The predicted molar refractivity (Wildman–Crippen MR) is 54.9 cm³/mol. The van der Waals surface area contributed by atoms with Crippen molar-refractivity contribution in [1.82, 2.24) is 4.98 Å². The minimum absolute atomic E-state index is 0.661. The average Bonchev–Trinajstić information content (AvgIpc) is 2.36. The van der Waals surface area contributed by atoms with Gasteiger partial charge in [-0.05, 0) is 12.3 Å². The fraction of sp³-hybridized carbons (Fsp3) is 0.667. The van der Waals surface area contributed by atoms with Crippen LogP contribution in [0.15, 0.2) is 6.20 Å². The third-order valence-electron chi connectivity index (χ3n) is 1.86.